The first-order valence-electron chi connectivity index (χ1n) is 5.39. The second-order valence-electron chi connectivity index (χ2n) is 3.75. The quantitative estimate of drug-likeness (QED) is 0.700. The SMILES string of the molecule is CCC(C)N1CCN(S(=O)NCF)CC1.O.[HH]. The molecule has 1 fully saturated rings. The van der Waals surface area contributed by atoms with Crippen molar-refractivity contribution in [3.8, 4) is 0 Å². The van der Waals surface area contributed by atoms with E-state index in [-0.39, 0.29) is 6.90 Å². The third-order valence-corrected chi connectivity index (χ3v) is 4.09. The highest BCUT2D eigenvalue weighted by molar-refractivity contribution is 7.80. The van der Waals surface area contributed by atoms with E-state index in [1.54, 1.807) is 4.31 Å². The van der Waals surface area contributed by atoms with Crippen molar-refractivity contribution >= 4 is 11.2 Å². The summed E-state index contributed by atoms with van der Waals surface area (Å²) in [6.07, 6.45) is 1.13. The van der Waals surface area contributed by atoms with Crippen LogP contribution in [0.3, 0.4) is 0 Å². The first kappa shape index (κ1) is 15.9. The van der Waals surface area contributed by atoms with Crippen LogP contribution in [0.5, 0.6) is 0 Å². The highest BCUT2D eigenvalue weighted by atomic mass is 32.2. The molecule has 1 rings (SSSR count). The van der Waals surface area contributed by atoms with Crippen molar-refractivity contribution < 1.29 is 15.5 Å². The van der Waals surface area contributed by atoms with Crippen molar-refractivity contribution in [2.24, 2.45) is 0 Å². The van der Waals surface area contributed by atoms with Gasteiger partial charge in [-0.2, -0.15) is 4.72 Å². The average molecular weight is 257 g/mol. The molecular formula is C9H24FN3O2S. The molecule has 16 heavy (non-hydrogen) atoms. The summed E-state index contributed by atoms with van der Waals surface area (Å²) in [5.41, 5.74) is 0. The lowest BCUT2D eigenvalue weighted by atomic mass is 10.2. The standard InChI is InChI=1S/C9H20FN3OS.H2O.H2/c1-3-9(2)12-4-6-13(7-5-12)15(14)11-8-10;;/h9,11H,3-8H2,1-2H3;1H2;1H. The predicted octanol–water partition coefficient (Wildman–Crippen LogP) is -0.0809. The zero-order chi connectivity index (χ0) is 11.3. The van der Waals surface area contributed by atoms with Crippen LogP contribution in [0.4, 0.5) is 4.39 Å². The molecule has 0 amide bonds. The minimum absolute atomic E-state index is 0. The van der Waals surface area contributed by atoms with Crippen molar-refractivity contribution in [2.75, 3.05) is 33.0 Å². The number of nitrogens with one attached hydrogen (secondary N) is 1. The predicted molar refractivity (Wildman–Crippen MR) is 65.9 cm³/mol. The normalized spacial score (nSPS) is 22.4. The summed E-state index contributed by atoms with van der Waals surface area (Å²) in [4.78, 5) is 2.38. The number of nitrogens with zero attached hydrogens (tertiary/aromatic N) is 2. The first-order valence-corrected chi connectivity index (χ1v) is 6.50. The van der Waals surface area contributed by atoms with Crippen molar-refractivity contribution in [3.05, 3.63) is 0 Å². The zero-order valence-corrected chi connectivity index (χ0v) is 10.7. The lowest BCUT2D eigenvalue weighted by Gasteiger charge is -2.36. The molecule has 0 aliphatic carbocycles. The van der Waals surface area contributed by atoms with Gasteiger partial charge in [0.25, 0.3) is 0 Å². The van der Waals surface area contributed by atoms with E-state index < -0.39 is 18.0 Å². The van der Waals surface area contributed by atoms with E-state index >= 15 is 0 Å². The lowest BCUT2D eigenvalue weighted by Crippen LogP contribution is -2.51. The van der Waals surface area contributed by atoms with Gasteiger partial charge in [-0.15, -0.1) is 0 Å². The summed E-state index contributed by atoms with van der Waals surface area (Å²) in [6, 6.07) is 0.578. The Bertz CT molecular complexity index is 218. The minimum Gasteiger partial charge on any atom is -0.412 e. The van der Waals surface area contributed by atoms with Gasteiger partial charge in [0.1, 0.15) is 0 Å². The van der Waals surface area contributed by atoms with Crippen LogP contribution in [0.1, 0.15) is 21.7 Å². The summed E-state index contributed by atoms with van der Waals surface area (Å²) in [5, 5.41) is 0. The largest absolute Gasteiger partial charge is 0.412 e. The molecule has 100 valence electrons. The van der Waals surface area contributed by atoms with Gasteiger partial charge >= 0.3 is 0 Å². The summed E-state index contributed by atoms with van der Waals surface area (Å²) in [6.45, 7) is 6.93. The molecule has 0 bridgehead atoms. The maximum atomic E-state index is 11.9. The molecule has 1 aliphatic rings. The van der Waals surface area contributed by atoms with Crippen molar-refractivity contribution in [1.82, 2.24) is 13.9 Å². The molecule has 0 aromatic rings. The number of alkyl halides is 1. The second-order valence-corrected chi connectivity index (χ2v) is 5.05. The van der Waals surface area contributed by atoms with Crippen molar-refractivity contribution in [1.29, 1.82) is 0 Å². The highest BCUT2D eigenvalue weighted by Crippen LogP contribution is 2.09. The first-order chi connectivity index (χ1) is 7.19. The molecule has 0 radical (unpaired) electrons. The molecule has 1 heterocycles. The molecule has 1 aliphatic heterocycles. The Hall–Kier alpha value is -0.0800. The van der Waals surface area contributed by atoms with Crippen molar-refractivity contribution in [3.63, 3.8) is 0 Å². The molecule has 7 heteroatoms. The molecule has 0 aromatic heterocycles. The van der Waals surface area contributed by atoms with Gasteiger partial charge in [-0.1, -0.05) is 6.92 Å². The molecule has 1 saturated heterocycles. The van der Waals surface area contributed by atoms with E-state index in [0.29, 0.717) is 6.04 Å². The van der Waals surface area contributed by atoms with Gasteiger partial charge < -0.3 is 5.48 Å². The van der Waals surface area contributed by atoms with Crippen LogP contribution in [-0.2, 0) is 11.2 Å². The van der Waals surface area contributed by atoms with E-state index in [2.05, 4.69) is 23.5 Å². The maximum Gasteiger partial charge on any atom is 0.172 e. The third kappa shape index (κ3) is 4.42. The zero-order valence-electron chi connectivity index (χ0n) is 9.91. The van der Waals surface area contributed by atoms with Gasteiger partial charge in [0.2, 0.25) is 0 Å². The highest BCUT2D eigenvalue weighted by Gasteiger charge is 2.22. The Balaban J connectivity index is 0. The lowest BCUT2D eigenvalue weighted by molar-refractivity contribution is 0.145. The fourth-order valence-corrected chi connectivity index (χ4v) is 2.48. The Labute approximate surface area is 100 Å². The Kier molecular flexibility index (Phi) is 8.04. The second kappa shape index (κ2) is 8.08. The van der Waals surface area contributed by atoms with Gasteiger partial charge in [0.15, 0.2) is 18.0 Å². The number of hydrogen-bond acceptors (Lipinski definition) is 2. The van der Waals surface area contributed by atoms with Crippen LogP contribution in [0.15, 0.2) is 0 Å². The van der Waals surface area contributed by atoms with Gasteiger partial charge in [-0.3, -0.25) is 4.90 Å². The molecule has 2 atom stereocenters. The van der Waals surface area contributed by atoms with E-state index in [1.165, 1.54) is 0 Å². The van der Waals surface area contributed by atoms with Gasteiger partial charge in [0.05, 0.1) is 0 Å². The van der Waals surface area contributed by atoms with E-state index in [0.717, 1.165) is 32.6 Å². The summed E-state index contributed by atoms with van der Waals surface area (Å²) < 4.78 is 27.4. The molecule has 5 nitrogen and oxygen atoms in total. The van der Waals surface area contributed by atoms with E-state index in [1.807, 2.05) is 0 Å². The summed E-state index contributed by atoms with van der Waals surface area (Å²) in [7, 11) is 0. The molecular weight excluding hydrogens is 233 g/mol. The van der Waals surface area contributed by atoms with Crippen LogP contribution < -0.4 is 4.72 Å². The fourth-order valence-electron chi connectivity index (χ4n) is 1.71. The molecule has 0 aromatic carbocycles. The molecule has 0 spiro atoms. The fraction of sp³-hybridized carbons (Fsp3) is 1.00. The van der Waals surface area contributed by atoms with Crippen LogP contribution in [0.2, 0.25) is 0 Å². The molecule has 0 saturated carbocycles. The Morgan fingerprint density at radius 3 is 2.44 bits per heavy atom. The third-order valence-electron chi connectivity index (χ3n) is 2.90. The minimum atomic E-state index is -1.35. The number of halogens is 1. The van der Waals surface area contributed by atoms with Crippen molar-refractivity contribution in [2.45, 2.75) is 26.3 Å². The number of hydrogen-bond donors (Lipinski definition) is 1. The molecule has 2 unspecified atom stereocenters. The van der Waals surface area contributed by atoms with Crippen LogP contribution in [-0.4, -0.2) is 57.9 Å². The van der Waals surface area contributed by atoms with Crippen LogP contribution >= 0.6 is 0 Å². The maximum absolute atomic E-state index is 11.9. The summed E-state index contributed by atoms with van der Waals surface area (Å²) >= 11 is -1.35. The van der Waals surface area contributed by atoms with Gasteiger partial charge in [-0.05, 0) is 13.3 Å². The van der Waals surface area contributed by atoms with Gasteiger partial charge in [0, 0.05) is 33.6 Å². The van der Waals surface area contributed by atoms with E-state index in [4.69, 9.17) is 0 Å². The monoisotopic (exact) mass is 257 g/mol. The number of rotatable bonds is 5. The van der Waals surface area contributed by atoms with Crippen LogP contribution in [0.25, 0.3) is 0 Å². The smallest absolute Gasteiger partial charge is 0.172 e. The Morgan fingerprint density at radius 1 is 1.44 bits per heavy atom. The van der Waals surface area contributed by atoms with E-state index in [9.17, 15) is 8.60 Å². The summed E-state index contributed by atoms with van der Waals surface area (Å²) in [5.74, 6) is 0. The molecule has 3 N–H and O–H groups in total. The topological polar surface area (TPSA) is 67.1 Å². The van der Waals surface area contributed by atoms with Crippen LogP contribution in [0, 0.1) is 0 Å². The Morgan fingerprint density at radius 2 is 2.00 bits per heavy atom. The van der Waals surface area contributed by atoms with Gasteiger partial charge in [-0.25, -0.2) is 12.9 Å². The average Bonchev–Trinajstić information content (AvgIpc) is 2.28. The number of piperazine rings is 1.